The lowest BCUT2D eigenvalue weighted by Gasteiger charge is -2.15. The van der Waals surface area contributed by atoms with Gasteiger partial charge in [0.25, 0.3) is 0 Å². The molecule has 0 aromatic carbocycles. The smallest absolute Gasteiger partial charge is 0.0795 e. The second-order valence-electron chi connectivity index (χ2n) is 4.23. The van der Waals surface area contributed by atoms with Crippen LogP contribution >= 0.6 is 11.3 Å². The molecular formula is C13H24N2S. The van der Waals surface area contributed by atoms with Crippen LogP contribution in [0.5, 0.6) is 0 Å². The van der Waals surface area contributed by atoms with E-state index in [1.165, 1.54) is 44.2 Å². The summed E-state index contributed by atoms with van der Waals surface area (Å²) in [5, 5.41) is 5.69. The summed E-state index contributed by atoms with van der Waals surface area (Å²) in [6.45, 7) is 5.45. The number of unbranched alkanes of at least 4 members (excludes halogenated alkanes) is 4. The van der Waals surface area contributed by atoms with Crippen LogP contribution in [0.4, 0.5) is 0 Å². The molecule has 0 spiro atoms. The van der Waals surface area contributed by atoms with E-state index in [1.807, 2.05) is 5.51 Å². The van der Waals surface area contributed by atoms with E-state index < -0.39 is 0 Å². The first-order valence-electron chi connectivity index (χ1n) is 6.50. The Morgan fingerprint density at radius 1 is 1.25 bits per heavy atom. The molecule has 1 rings (SSSR count). The predicted molar refractivity (Wildman–Crippen MR) is 71.9 cm³/mol. The van der Waals surface area contributed by atoms with Gasteiger partial charge in [0.1, 0.15) is 0 Å². The predicted octanol–water partition coefficient (Wildman–Crippen LogP) is 4.15. The van der Waals surface area contributed by atoms with Crippen molar-refractivity contribution in [3.63, 3.8) is 0 Å². The molecule has 0 saturated heterocycles. The van der Waals surface area contributed by atoms with Gasteiger partial charge in [-0.05, 0) is 13.0 Å². The van der Waals surface area contributed by atoms with Gasteiger partial charge in [0.2, 0.25) is 0 Å². The molecule has 0 aliphatic rings. The van der Waals surface area contributed by atoms with Gasteiger partial charge in [0.05, 0.1) is 17.2 Å². The van der Waals surface area contributed by atoms with Crippen molar-refractivity contribution >= 4 is 11.3 Å². The third-order valence-electron chi connectivity index (χ3n) is 2.86. The molecular weight excluding hydrogens is 216 g/mol. The van der Waals surface area contributed by atoms with Crippen LogP contribution in [0.25, 0.3) is 0 Å². The maximum Gasteiger partial charge on any atom is 0.0795 e. The molecule has 0 amide bonds. The van der Waals surface area contributed by atoms with Gasteiger partial charge in [-0.1, -0.05) is 46.0 Å². The van der Waals surface area contributed by atoms with Crippen molar-refractivity contribution in [3.05, 3.63) is 16.6 Å². The number of hydrogen-bond donors (Lipinski definition) is 1. The topological polar surface area (TPSA) is 24.9 Å². The van der Waals surface area contributed by atoms with Gasteiger partial charge in [0.15, 0.2) is 0 Å². The van der Waals surface area contributed by atoms with E-state index in [-0.39, 0.29) is 0 Å². The first-order valence-corrected chi connectivity index (χ1v) is 7.44. The highest BCUT2D eigenvalue weighted by atomic mass is 32.1. The third kappa shape index (κ3) is 5.08. The molecule has 1 unspecified atom stereocenters. The summed E-state index contributed by atoms with van der Waals surface area (Å²) in [6, 6.07) is 0.470. The van der Waals surface area contributed by atoms with Crippen molar-refractivity contribution in [2.24, 2.45) is 0 Å². The van der Waals surface area contributed by atoms with Crippen LogP contribution in [-0.4, -0.2) is 11.5 Å². The lowest BCUT2D eigenvalue weighted by Crippen LogP contribution is -2.21. The quantitative estimate of drug-likeness (QED) is 0.656. The van der Waals surface area contributed by atoms with Crippen LogP contribution in [0.2, 0.25) is 0 Å². The van der Waals surface area contributed by atoms with Crippen LogP contribution in [0.15, 0.2) is 10.9 Å². The Bertz CT molecular complexity index is 246. The van der Waals surface area contributed by atoms with Crippen molar-refractivity contribution in [2.75, 3.05) is 6.54 Å². The summed E-state index contributed by atoms with van der Waals surface area (Å²) in [7, 11) is 0. The minimum atomic E-state index is 0.470. The summed E-state index contributed by atoms with van der Waals surface area (Å²) < 4.78 is 0. The van der Waals surface area contributed by atoms with Crippen molar-refractivity contribution in [2.45, 2.75) is 58.4 Å². The first-order chi connectivity index (χ1) is 7.88. The molecule has 0 aliphatic carbocycles. The maximum atomic E-state index is 4.41. The molecule has 0 aliphatic heterocycles. The summed E-state index contributed by atoms with van der Waals surface area (Å²) in [4.78, 5) is 4.41. The fraction of sp³-hybridized carbons (Fsp3) is 0.769. The highest BCUT2D eigenvalue weighted by Gasteiger charge is 2.11. The van der Waals surface area contributed by atoms with Crippen LogP contribution in [-0.2, 0) is 0 Å². The van der Waals surface area contributed by atoms with Gasteiger partial charge >= 0.3 is 0 Å². The standard InChI is InChI=1S/C13H24N2S/c1-3-5-6-7-8-9-12(14-4-2)13-10-16-11-15-13/h10-12,14H,3-9H2,1-2H3. The van der Waals surface area contributed by atoms with Crippen LogP contribution in [0, 0.1) is 0 Å². The lowest BCUT2D eigenvalue weighted by atomic mass is 10.0. The molecule has 1 atom stereocenters. The number of thiazole rings is 1. The van der Waals surface area contributed by atoms with Crippen molar-refractivity contribution in [1.29, 1.82) is 0 Å². The van der Waals surface area contributed by atoms with Crippen molar-refractivity contribution < 1.29 is 0 Å². The Kier molecular flexibility index (Phi) is 7.43. The van der Waals surface area contributed by atoms with E-state index in [9.17, 15) is 0 Å². The molecule has 0 saturated carbocycles. The van der Waals surface area contributed by atoms with Gasteiger partial charge in [-0.25, -0.2) is 4.98 Å². The molecule has 16 heavy (non-hydrogen) atoms. The Labute approximate surface area is 103 Å². The molecule has 3 heteroatoms. The first kappa shape index (κ1) is 13.7. The largest absolute Gasteiger partial charge is 0.309 e. The van der Waals surface area contributed by atoms with E-state index >= 15 is 0 Å². The molecule has 92 valence electrons. The molecule has 1 heterocycles. The number of hydrogen-bond acceptors (Lipinski definition) is 3. The third-order valence-corrected chi connectivity index (χ3v) is 3.46. The average Bonchev–Trinajstić information content (AvgIpc) is 2.81. The Morgan fingerprint density at radius 2 is 2.06 bits per heavy atom. The monoisotopic (exact) mass is 240 g/mol. The zero-order valence-corrected chi connectivity index (χ0v) is 11.4. The van der Waals surface area contributed by atoms with Crippen molar-refractivity contribution in [3.8, 4) is 0 Å². The highest BCUT2D eigenvalue weighted by Crippen LogP contribution is 2.20. The molecule has 1 N–H and O–H groups in total. The fourth-order valence-corrected chi connectivity index (χ4v) is 2.55. The fourth-order valence-electron chi connectivity index (χ4n) is 1.95. The molecule has 1 aromatic rings. The van der Waals surface area contributed by atoms with E-state index in [4.69, 9.17) is 0 Å². The molecule has 0 radical (unpaired) electrons. The van der Waals surface area contributed by atoms with Gasteiger partial charge in [-0.3, -0.25) is 0 Å². The normalized spacial score (nSPS) is 12.9. The van der Waals surface area contributed by atoms with E-state index in [0.29, 0.717) is 6.04 Å². The Morgan fingerprint density at radius 3 is 2.69 bits per heavy atom. The number of aromatic nitrogens is 1. The second kappa shape index (κ2) is 8.71. The minimum absolute atomic E-state index is 0.470. The van der Waals surface area contributed by atoms with E-state index in [2.05, 4.69) is 29.5 Å². The van der Waals surface area contributed by atoms with E-state index in [0.717, 1.165) is 6.54 Å². The summed E-state index contributed by atoms with van der Waals surface area (Å²) in [5.41, 5.74) is 3.15. The van der Waals surface area contributed by atoms with Crippen LogP contribution in [0.3, 0.4) is 0 Å². The summed E-state index contributed by atoms with van der Waals surface area (Å²) in [5.74, 6) is 0. The molecule has 2 nitrogen and oxygen atoms in total. The van der Waals surface area contributed by atoms with Gasteiger partial charge in [-0.2, -0.15) is 0 Å². The molecule has 1 aromatic heterocycles. The number of rotatable bonds is 9. The lowest BCUT2D eigenvalue weighted by molar-refractivity contribution is 0.472. The SMILES string of the molecule is CCCCCCCC(NCC)c1cscn1. The second-order valence-corrected chi connectivity index (χ2v) is 4.95. The molecule has 0 fully saturated rings. The zero-order valence-electron chi connectivity index (χ0n) is 10.5. The van der Waals surface area contributed by atoms with Gasteiger partial charge in [-0.15, -0.1) is 11.3 Å². The van der Waals surface area contributed by atoms with Gasteiger partial charge in [0, 0.05) is 5.38 Å². The zero-order chi connectivity index (χ0) is 11.6. The van der Waals surface area contributed by atoms with E-state index in [1.54, 1.807) is 11.3 Å². The summed E-state index contributed by atoms with van der Waals surface area (Å²) in [6.07, 6.45) is 7.98. The van der Waals surface area contributed by atoms with Gasteiger partial charge < -0.3 is 5.32 Å². The van der Waals surface area contributed by atoms with Crippen LogP contribution < -0.4 is 5.32 Å². The molecule has 0 bridgehead atoms. The number of nitrogens with zero attached hydrogens (tertiary/aromatic N) is 1. The highest BCUT2D eigenvalue weighted by molar-refractivity contribution is 7.07. The van der Waals surface area contributed by atoms with Crippen molar-refractivity contribution in [1.82, 2.24) is 10.3 Å². The average molecular weight is 240 g/mol. The summed E-state index contributed by atoms with van der Waals surface area (Å²) >= 11 is 1.69. The van der Waals surface area contributed by atoms with Crippen LogP contribution in [0.1, 0.15) is 64.1 Å². The maximum absolute atomic E-state index is 4.41. The minimum Gasteiger partial charge on any atom is -0.309 e. The number of nitrogens with one attached hydrogen (secondary N) is 1. The Balaban J connectivity index is 2.24. The Hall–Kier alpha value is -0.410.